The van der Waals surface area contributed by atoms with Crippen molar-refractivity contribution in [1.29, 1.82) is 0 Å². The van der Waals surface area contributed by atoms with Crippen molar-refractivity contribution in [1.82, 2.24) is 9.55 Å². The minimum absolute atomic E-state index is 0.0217. The van der Waals surface area contributed by atoms with E-state index in [1.54, 1.807) is 17.5 Å². The summed E-state index contributed by atoms with van der Waals surface area (Å²) < 4.78 is 6.29. The minimum atomic E-state index is -0.689. The standard InChI is InChI=1S/C15H20N4O4S/c1-3-6-19-12(16)11(13(20)17-15(19)22)18(7-8-23-2)14(21)10-5-4-9-24-10/h4-5,9H,3,6-8,16H2,1-2H3,(H,17,20,22). The van der Waals surface area contributed by atoms with E-state index in [1.165, 1.54) is 27.9 Å². The van der Waals surface area contributed by atoms with Gasteiger partial charge in [-0.1, -0.05) is 13.0 Å². The molecule has 0 aromatic carbocycles. The summed E-state index contributed by atoms with van der Waals surface area (Å²) in [4.78, 5) is 41.0. The Balaban J connectivity index is 2.57. The molecule has 0 saturated carbocycles. The zero-order chi connectivity index (χ0) is 17.7. The van der Waals surface area contributed by atoms with Crippen LogP contribution in [0.15, 0.2) is 27.1 Å². The number of nitrogen functional groups attached to an aromatic ring is 1. The number of aromatic amines is 1. The Morgan fingerprint density at radius 1 is 1.46 bits per heavy atom. The summed E-state index contributed by atoms with van der Waals surface area (Å²) in [5.41, 5.74) is 4.74. The molecule has 24 heavy (non-hydrogen) atoms. The number of hydrogen-bond acceptors (Lipinski definition) is 6. The Morgan fingerprint density at radius 3 is 2.79 bits per heavy atom. The van der Waals surface area contributed by atoms with E-state index in [1.807, 2.05) is 6.92 Å². The molecule has 2 rings (SSSR count). The maximum Gasteiger partial charge on any atom is 0.330 e. The molecule has 9 heteroatoms. The van der Waals surface area contributed by atoms with Gasteiger partial charge in [0.1, 0.15) is 5.82 Å². The lowest BCUT2D eigenvalue weighted by atomic mass is 10.3. The van der Waals surface area contributed by atoms with E-state index < -0.39 is 11.2 Å². The third-order valence-corrected chi connectivity index (χ3v) is 4.29. The Hall–Kier alpha value is -2.39. The molecule has 0 fully saturated rings. The van der Waals surface area contributed by atoms with Crippen LogP contribution in [0, 0.1) is 0 Å². The fraction of sp³-hybridized carbons (Fsp3) is 0.400. The van der Waals surface area contributed by atoms with Gasteiger partial charge in [-0.2, -0.15) is 0 Å². The molecule has 0 radical (unpaired) electrons. The highest BCUT2D eigenvalue weighted by Gasteiger charge is 2.25. The van der Waals surface area contributed by atoms with E-state index in [0.717, 1.165) is 0 Å². The summed E-state index contributed by atoms with van der Waals surface area (Å²) >= 11 is 1.26. The van der Waals surface area contributed by atoms with Crippen LogP contribution >= 0.6 is 11.3 Å². The first kappa shape index (κ1) is 18.0. The van der Waals surface area contributed by atoms with Gasteiger partial charge in [-0.3, -0.25) is 24.0 Å². The first-order valence-electron chi connectivity index (χ1n) is 7.48. The Morgan fingerprint density at radius 2 is 2.21 bits per heavy atom. The predicted octanol–water partition coefficient (Wildman–Crippen LogP) is 0.883. The van der Waals surface area contributed by atoms with Crippen molar-refractivity contribution < 1.29 is 9.53 Å². The number of hydrogen-bond donors (Lipinski definition) is 2. The number of aromatic nitrogens is 2. The SMILES string of the molecule is CCCn1c(N)c(N(CCOC)C(=O)c2cccs2)c(=O)[nH]c1=O. The molecule has 3 N–H and O–H groups in total. The lowest BCUT2D eigenvalue weighted by Gasteiger charge is -2.23. The van der Waals surface area contributed by atoms with Crippen molar-refractivity contribution in [2.45, 2.75) is 19.9 Å². The smallest absolute Gasteiger partial charge is 0.330 e. The van der Waals surface area contributed by atoms with Gasteiger partial charge in [0, 0.05) is 20.2 Å². The third kappa shape index (κ3) is 3.57. The van der Waals surface area contributed by atoms with Crippen molar-refractivity contribution in [3.05, 3.63) is 43.2 Å². The largest absolute Gasteiger partial charge is 0.383 e. The van der Waals surface area contributed by atoms with Crippen LogP contribution in [0.2, 0.25) is 0 Å². The quantitative estimate of drug-likeness (QED) is 0.769. The number of amides is 1. The van der Waals surface area contributed by atoms with E-state index in [0.29, 0.717) is 17.8 Å². The number of nitrogens with one attached hydrogen (secondary N) is 1. The molecular formula is C15H20N4O4S. The molecule has 1 amide bonds. The topological polar surface area (TPSA) is 110 Å². The second-order valence-electron chi connectivity index (χ2n) is 5.07. The van der Waals surface area contributed by atoms with E-state index in [-0.39, 0.29) is 30.6 Å². The summed E-state index contributed by atoms with van der Waals surface area (Å²) in [6, 6.07) is 3.41. The van der Waals surface area contributed by atoms with Crippen molar-refractivity contribution in [3.8, 4) is 0 Å². The number of anilines is 2. The van der Waals surface area contributed by atoms with Crippen molar-refractivity contribution >= 4 is 28.7 Å². The van der Waals surface area contributed by atoms with Crippen LogP contribution in [0.4, 0.5) is 11.5 Å². The van der Waals surface area contributed by atoms with Gasteiger partial charge in [0.05, 0.1) is 11.5 Å². The van der Waals surface area contributed by atoms with Crippen LogP contribution in [0.3, 0.4) is 0 Å². The number of ether oxygens (including phenoxy) is 1. The summed E-state index contributed by atoms with van der Waals surface area (Å²) in [6.45, 7) is 2.60. The van der Waals surface area contributed by atoms with Crippen LogP contribution in [0.5, 0.6) is 0 Å². The predicted molar refractivity (Wildman–Crippen MR) is 93.9 cm³/mol. The van der Waals surface area contributed by atoms with Gasteiger partial charge in [0.15, 0.2) is 5.69 Å². The number of carbonyl (C=O) groups is 1. The molecule has 0 aliphatic heterocycles. The van der Waals surface area contributed by atoms with Crippen molar-refractivity contribution in [2.75, 3.05) is 30.9 Å². The zero-order valence-corrected chi connectivity index (χ0v) is 14.4. The molecule has 0 saturated heterocycles. The molecule has 2 heterocycles. The monoisotopic (exact) mass is 352 g/mol. The normalized spacial score (nSPS) is 10.8. The lowest BCUT2D eigenvalue weighted by Crippen LogP contribution is -2.42. The van der Waals surface area contributed by atoms with Crippen LogP contribution in [-0.4, -0.2) is 35.7 Å². The molecular weight excluding hydrogens is 332 g/mol. The molecule has 2 aromatic rings. The van der Waals surface area contributed by atoms with Gasteiger partial charge in [-0.15, -0.1) is 11.3 Å². The lowest BCUT2D eigenvalue weighted by molar-refractivity contribution is 0.0979. The summed E-state index contributed by atoms with van der Waals surface area (Å²) in [6.07, 6.45) is 0.659. The van der Waals surface area contributed by atoms with E-state index in [4.69, 9.17) is 10.5 Å². The fourth-order valence-electron chi connectivity index (χ4n) is 2.31. The van der Waals surface area contributed by atoms with Gasteiger partial charge >= 0.3 is 5.69 Å². The molecule has 0 aliphatic rings. The number of H-pyrrole nitrogens is 1. The molecule has 0 unspecified atom stereocenters. The van der Waals surface area contributed by atoms with E-state index in [9.17, 15) is 14.4 Å². The third-order valence-electron chi connectivity index (χ3n) is 3.43. The van der Waals surface area contributed by atoms with E-state index >= 15 is 0 Å². The first-order valence-corrected chi connectivity index (χ1v) is 8.36. The van der Waals surface area contributed by atoms with Crippen LogP contribution in [0.1, 0.15) is 23.0 Å². The maximum absolute atomic E-state index is 12.8. The van der Waals surface area contributed by atoms with E-state index in [2.05, 4.69) is 4.98 Å². The number of nitrogens with zero attached hydrogens (tertiary/aromatic N) is 2. The highest BCUT2D eigenvalue weighted by molar-refractivity contribution is 7.12. The number of nitrogens with two attached hydrogens (primary N) is 1. The molecule has 0 spiro atoms. The average Bonchev–Trinajstić information content (AvgIpc) is 3.08. The second-order valence-corrected chi connectivity index (χ2v) is 6.02. The summed E-state index contributed by atoms with van der Waals surface area (Å²) in [5, 5.41) is 1.77. The van der Waals surface area contributed by atoms with Gasteiger partial charge in [-0.25, -0.2) is 4.79 Å². The first-order chi connectivity index (χ1) is 11.5. The van der Waals surface area contributed by atoms with Crippen LogP contribution < -0.4 is 21.9 Å². The number of thiophene rings is 1. The second kappa shape index (κ2) is 7.93. The Bertz CT molecular complexity index is 810. The number of rotatable bonds is 7. The number of carbonyl (C=O) groups excluding carboxylic acids is 1. The van der Waals surface area contributed by atoms with Crippen LogP contribution in [0.25, 0.3) is 0 Å². The summed E-state index contributed by atoms with van der Waals surface area (Å²) in [7, 11) is 1.50. The fourth-order valence-corrected chi connectivity index (χ4v) is 2.99. The van der Waals surface area contributed by atoms with Gasteiger partial charge in [-0.05, 0) is 17.9 Å². The van der Waals surface area contributed by atoms with Gasteiger partial charge in [0.2, 0.25) is 0 Å². The highest BCUT2D eigenvalue weighted by atomic mass is 32.1. The maximum atomic E-state index is 12.8. The molecule has 0 bridgehead atoms. The Kier molecular flexibility index (Phi) is 5.93. The minimum Gasteiger partial charge on any atom is -0.383 e. The molecule has 0 atom stereocenters. The highest BCUT2D eigenvalue weighted by Crippen LogP contribution is 2.21. The average molecular weight is 352 g/mol. The van der Waals surface area contributed by atoms with Crippen molar-refractivity contribution in [3.63, 3.8) is 0 Å². The number of methoxy groups -OCH3 is 1. The van der Waals surface area contributed by atoms with Crippen LogP contribution in [-0.2, 0) is 11.3 Å². The summed E-state index contributed by atoms with van der Waals surface area (Å²) in [5.74, 6) is -0.382. The molecule has 2 aromatic heterocycles. The Labute approximate surface area is 142 Å². The molecule has 0 aliphatic carbocycles. The zero-order valence-electron chi connectivity index (χ0n) is 13.6. The molecule has 130 valence electrons. The van der Waals surface area contributed by atoms with Gasteiger partial charge in [0.25, 0.3) is 11.5 Å². The van der Waals surface area contributed by atoms with Gasteiger partial charge < -0.3 is 10.5 Å². The molecule has 8 nitrogen and oxygen atoms in total. The van der Waals surface area contributed by atoms with Crippen molar-refractivity contribution in [2.24, 2.45) is 0 Å².